The fourth-order valence-electron chi connectivity index (χ4n) is 2.88. The van der Waals surface area contributed by atoms with Gasteiger partial charge in [0.15, 0.2) is 5.78 Å². The Bertz CT molecular complexity index is 481. The maximum absolute atomic E-state index is 12.7. The molecule has 1 aromatic rings. The molecule has 110 valence electrons. The molecule has 0 spiro atoms. The molecule has 1 fully saturated rings. The van der Waals surface area contributed by atoms with Crippen molar-refractivity contribution < 1.29 is 14.3 Å². The molecule has 0 aromatic heterocycles. The number of benzene rings is 1. The van der Waals surface area contributed by atoms with Crippen molar-refractivity contribution in [1.82, 2.24) is 0 Å². The van der Waals surface area contributed by atoms with Gasteiger partial charge in [-0.2, -0.15) is 0 Å². The number of carbonyl (C=O) groups excluding carboxylic acids is 1. The van der Waals surface area contributed by atoms with Crippen LogP contribution in [-0.4, -0.2) is 20.0 Å². The third-order valence-corrected chi connectivity index (χ3v) is 4.38. The van der Waals surface area contributed by atoms with Crippen LogP contribution in [0.1, 0.15) is 49.9 Å². The first kappa shape index (κ1) is 14.9. The summed E-state index contributed by atoms with van der Waals surface area (Å²) in [5, 5.41) is 0. The zero-order valence-corrected chi connectivity index (χ0v) is 12.9. The summed E-state index contributed by atoms with van der Waals surface area (Å²) in [4.78, 5) is 12.7. The number of hydrogen-bond acceptors (Lipinski definition) is 3. The number of rotatable bonds is 4. The Labute approximate surface area is 121 Å². The molecule has 0 aliphatic heterocycles. The zero-order valence-electron chi connectivity index (χ0n) is 12.9. The van der Waals surface area contributed by atoms with Crippen molar-refractivity contribution in [2.45, 2.75) is 39.5 Å². The highest BCUT2D eigenvalue weighted by Crippen LogP contribution is 2.40. The molecule has 0 saturated heterocycles. The second-order valence-electron chi connectivity index (χ2n) is 6.37. The predicted octanol–water partition coefficient (Wildman–Crippen LogP) is 4.10. The molecule has 1 aliphatic carbocycles. The largest absolute Gasteiger partial charge is 0.497 e. The van der Waals surface area contributed by atoms with Crippen LogP contribution in [0.15, 0.2) is 18.2 Å². The van der Waals surface area contributed by atoms with E-state index in [-0.39, 0.29) is 11.7 Å². The summed E-state index contributed by atoms with van der Waals surface area (Å²) in [5.41, 5.74) is 1.05. The van der Waals surface area contributed by atoms with Crippen molar-refractivity contribution in [2.75, 3.05) is 14.2 Å². The van der Waals surface area contributed by atoms with Gasteiger partial charge in [0.25, 0.3) is 0 Å². The summed E-state index contributed by atoms with van der Waals surface area (Å²) < 4.78 is 10.5. The fourth-order valence-corrected chi connectivity index (χ4v) is 2.88. The van der Waals surface area contributed by atoms with Gasteiger partial charge < -0.3 is 9.47 Å². The standard InChI is InChI=1S/C17H24O3/c1-17(2)9-7-12(8-10-17)16(18)14-6-5-13(19-3)11-15(14)20-4/h5-6,11-12H,7-10H2,1-4H3. The highest BCUT2D eigenvalue weighted by molar-refractivity contribution is 6.00. The number of hydrogen-bond donors (Lipinski definition) is 0. The molecule has 2 rings (SSSR count). The van der Waals surface area contributed by atoms with Gasteiger partial charge in [-0.3, -0.25) is 4.79 Å². The molecule has 0 atom stereocenters. The molecule has 0 radical (unpaired) electrons. The van der Waals surface area contributed by atoms with Crippen LogP contribution < -0.4 is 9.47 Å². The number of carbonyl (C=O) groups is 1. The lowest BCUT2D eigenvalue weighted by Gasteiger charge is -2.33. The second-order valence-corrected chi connectivity index (χ2v) is 6.37. The molecule has 20 heavy (non-hydrogen) atoms. The van der Waals surface area contributed by atoms with Gasteiger partial charge in [0.05, 0.1) is 19.8 Å². The van der Waals surface area contributed by atoms with E-state index in [0.29, 0.717) is 22.5 Å². The summed E-state index contributed by atoms with van der Waals surface area (Å²) in [7, 11) is 3.20. The Hall–Kier alpha value is -1.51. The molecular weight excluding hydrogens is 252 g/mol. The zero-order chi connectivity index (χ0) is 14.8. The van der Waals surface area contributed by atoms with Crippen molar-refractivity contribution >= 4 is 5.78 Å². The predicted molar refractivity (Wildman–Crippen MR) is 79.6 cm³/mol. The Morgan fingerprint density at radius 1 is 1.15 bits per heavy atom. The monoisotopic (exact) mass is 276 g/mol. The normalized spacial score (nSPS) is 18.6. The van der Waals surface area contributed by atoms with Crippen LogP contribution in [0.5, 0.6) is 11.5 Å². The summed E-state index contributed by atoms with van der Waals surface area (Å²) >= 11 is 0. The topological polar surface area (TPSA) is 35.5 Å². The quantitative estimate of drug-likeness (QED) is 0.777. The summed E-state index contributed by atoms with van der Waals surface area (Å²) in [6.45, 7) is 4.56. The van der Waals surface area contributed by atoms with Crippen molar-refractivity contribution in [3.8, 4) is 11.5 Å². The van der Waals surface area contributed by atoms with E-state index in [0.717, 1.165) is 25.7 Å². The average molecular weight is 276 g/mol. The van der Waals surface area contributed by atoms with Gasteiger partial charge >= 0.3 is 0 Å². The Morgan fingerprint density at radius 3 is 2.35 bits per heavy atom. The van der Waals surface area contributed by atoms with Crippen molar-refractivity contribution in [3.05, 3.63) is 23.8 Å². The third kappa shape index (κ3) is 3.14. The van der Waals surface area contributed by atoms with E-state index in [2.05, 4.69) is 13.8 Å². The minimum atomic E-state index is 0.130. The molecule has 3 heteroatoms. The van der Waals surface area contributed by atoms with Crippen LogP contribution in [0.3, 0.4) is 0 Å². The lowest BCUT2D eigenvalue weighted by atomic mass is 9.71. The highest BCUT2D eigenvalue weighted by atomic mass is 16.5. The van der Waals surface area contributed by atoms with Crippen molar-refractivity contribution in [3.63, 3.8) is 0 Å². The van der Waals surface area contributed by atoms with E-state index in [9.17, 15) is 4.79 Å². The molecule has 0 N–H and O–H groups in total. The third-order valence-electron chi connectivity index (χ3n) is 4.38. The molecule has 1 saturated carbocycles. The van der Waals surface area contributed by atoms with Crippen molar-refractivity contribution in [2.24, 2.45) is 11.3 Å². The first-order valence-electron chi connectivity index (χ1n) is 7.23. The van der Waals surface area contributed by atoms with E-state index >= 15 is 0 Å². The second kappa shape index (κ2) is 5.86. The first-order valence-corrected chi connectivity index (χ1v) is 7.23. The molecule has 1 aromatic carbocycles. The Kier molecular flexibility index (Phi) is 4.36. The summed E-state index contributed by atoms with van der Waals surface area (Å²) in [6.07, 6.45) is 4.17. The summed E-state index contributed by atoms with van der Waals surface area (Å²) in [6, 6.07) is 5.42. The molecule has 0 unspecified atom stereocenters. The van der Waals surface area contributed by atoms with Crippen molar-refractivity contribution in [1.29, 1.82) is 0 Å². The highest BCUT2D eigenvalue weighted by Gasteiger charge is 2.32. The first-order chi connectivity index (χ1) is 9.46. The molecule has 0 heterocycles. The number of ether oxygens (including phenoxy) is 2. The Morgan fingerprint density at radius 2 is 1.80 bits per heavy atom. The van der Waals surface area contributed by atoms with Crippen LogP contribution >= 0.6 is 0 Å². The van der Waals surface area contributed by atoms with Crippen LogP contribution in [0.4, 0.5) is 0 Å². The van der Waals surface area contributed by atoms with E-state index in [1.54, 1.807) is 20.3 Å². The number of ketones is 1. The molecule has 0 bridgehead atoms. The number of methoxy groups -OCH3 is 2. The van der Waals surface area contributed by atoms with Crippen LogP contribution in [-0.2, 0) is 0 Å². The van der Waals surface area contributed by atoms with Gasteiger partial charge in [0.1, 0.15) is 11.5 Å². The van der Waals surface area contributed by atoms with Gasteiger partial charge in [0.2, 0.25) is 0 Å². The maximum Gasteiger partial charge on any atom is 0.169 e. The van der Waals surface area contributed by atoms with E-state index in [1.165, 1.54) is 0 Å². The Balaban J connectivity index is 2.17. The SMILES string of the molecule is COc1ccc(C(=O)C2CCC(C)(C)CC2)c(OC)c1. The minimum absolute atomic E-state index is 0.130. The van der Waals surface area contributed by atoms with E-state index in [1.807, 2.05) is 12.1 Å². The lowest BCUT2D eigenvalue weighted by Crippen LogP contribution is -2.26. The van der Waals surface area contributed by atoms with Crippen LogP contribution in [0.2, 0.25) is 0 Å². The molecule has 3 nitrogen and oxygen atoms in total. The van der Waals surface area contributed by atoms with E-state index < -0.39 is 0 Å². The van der Waals surface area contributed by atoms with E-state index in [4.69, 9.17) is 9.47 Å². The average Bonchev–Trinajstić information content (AvgIpc) is 2.45. The van der Waals surface area contributed by atoms with Crippen LogP contribution in [0.25, 0.3) is 0 Å². The van der Waals surface area contributed by atoms with Gasteiger partial charge in [0, 0.05) is 12.0 Å². The smallest absolute Gasteiger partial charge is 0.169 e. The van der Waals surface area contributed by atoms with Gasteiger partial charge in [-0.25, -0.2) is 0 Å². The minimum Gasteiger partial charge on any atom is -0.497 e. The fraction of sp³-hybridized carbons (Fsp3) is 0.588. The molecular formula is C17H24O3. The number of Topliss-reactive ketones (excluding diaryl/α,β-unsaturated/α-hetero) is 1. The lowest BCUT2D eigenvalue weighted by molar-refractivity contribution is 0.0835. The maximum atomic E-state index is 12.7. The van der Waals surface area contributed by atoms with Gasteiger partial charge in [-0.1, -0.05) is 13.8 Å². The molecule has 1 aliphatic rings. The molecule has 0 amide bonds. The summed E-state index contributed by atoms with van der Waals surface area (Å²) in [5.74, 6) is 1.66. The van der Waals surface area contributed by atoms with Gasteiger partial charge in [-0.05, 0) is 43.2 Å². The van der Waals surface area contributed by atoms with Crippen LogP contribution in [0, 0.1) is 11.3 Å². The van der Waals surface area contributed by atoms with Gasteiger partial charge in [-0.15, -0.1) is 0 Å².